The Morgan fingerprint density at radius 1 is 0.810 bits per heavy atom. The lowest BCUT2D eigenvalue weighted by atomic mass is 9.93. The highest BCUT2D eigenvalue weighted by molar-refractivity contribution is 4.81. The van der Waals surface area contributed by atoms with E-state index < -0.39 is 0 Å². The Labute approximate surface area is 130 Å². The summed E-state index contributed by atoms with van der Waals surface area (Å²) in [5.74, 6) is 0. The van der Waals surface area contributed by atoms with Crippen molar-refractivity contribution in [3.63, 3.8) is 0 Å². The van der Waals surface area contributed by atoms with Crippen molar-refractivity contribution < 1.29 is 10.2 Å². The first kappa shape index (κ1) is 17.2. The van der Waals surface area contributed by atoms with Crippen LogP contribution in [0.25, 0.3) is 0 Å². The normalized spacial score (nSPS) is 32.0. The molecule has 0 spiro atoms. The summed E-state index contributed by atoms with van der Waals surface area (Å²) < 4.78 is 0. The number of hydrogen-bond donors (Lipinski definition) is 2. The van der Waals surface area contributed by atoms with Crippen LogP contribution < -0.4 is 0 Å². The third-order valence-electron chi connectivity index (χ3n) is 5.38. The summed E-state index contributed by atoms with van der Waals surface area (Å²) in [6, 6.07) is 1.12. The van der Waals surface area contributed by atoms with Crippen LogP contribution >= 0.6 is 0 Å². The molecule has 0 amide bonds. The Bertz CT molecular complexity index is 269. The third kappa shape index (κ3) is 4.92. The van der Waals surface area contributed by atoms with E-state index in [4.69, 9.17) is 0 Å². The van der Waals surface area contributed by atoms with Crippen molar-refractivity contribution in [2.24, 2.45) is 0 Å². The molecule has 0 aromatic rings. The van der Waals surface area contributed by atoms with Gasteiger partial charge in [-0.05, 0) is 52.4 Å². The lowest BCUT2D eigenvalue weighted by molar-refractivity contribution is -0.0387. The second-order valence-electron chi connectivity index (χ2n) is 6.97. The van der Waals surface area contributed by atoms with Gasteiger partial charge in [0.1, 0.15) is 12.5 Å². The summed E-state index contributed by atoms with van der Waals surface area (Å²) in [6.07, 6.45) is 10.5. The number of piperidine rings is 2. The molecule has 2 saturated heterocycles. The minimum absolute atomic E-state index is 0.307. The number of hydrogen-bond acceptors (Lipinski definition) is 4. The minimum Gasteiger partial charge on any atom is -0.379 e. The van der Waals surface area contributed by atoms with Crippen LogP contribution in [0, 0.1) is 0 Å². The number of rotatable bonds is 6. The van der Waals surface area contributed by atoms with Crippen LogP contribution in [-0.2, 0) is 0 Å². The smallest absolute Gasteiger partial charge is 0.104 e. The quantitative estimate of drug-likeness (QED) is 0.791. The average molecular weight is 298 g/mol. The number of aliphatic hydroxyl groups is 2. The van der Waals surface area contributed by atoms with Crippen LogP contribution in [0.1, 0.15) is 71.6 Å². The van der Waals surface area contributed by atoms with Crippen LogP contribution in [0.15, 0.2) is 0 Å². The van der Waals surface area contributed by atoms with Crippen molar-refractivity contribution >= 4 is 0 Å². The van der Waals surface area contributed by atoms with Crippen LogP contribution in [0.5, 0.6) is 0 Å². The van der Waals surface area contributed by atoms with E-state index in [1.165, 1.54) is 57.8 Å². The van der Waals surface area contributed by atoms with Gasteiger partial charge in [0.05, 0.1) is 0 Å². The fourth-order valence-corrected chi connectivity index (χ4v) is 4.24. The van der Waals surface area contributed by atoms with E-state index in [9.17, 15) is 10.2 Å². The molecule has 124 valence electrons. The maximum atomic E-state index is 9.90. The second-order valence-corrected chi connectivity index (χ2v) is 6.97. The predicted molar refractivity (Wildman–Crippen MR) is 85.9 cm³/mol. The molecule has 2 heterocycles. The Hall–Kier alpha value is -0.160. The average Bonchev–Trinajstić information content (AvgIpc) is 2.48. The van der Waals surface area contributed by atoms with Gasteiger partial charge >= 0.3 is 0 Å². The van der Waals surface area contributed by atoms with Gasteiger partial charge in [-0.2, -0.15) is 0 Å². The summed E-state index contributed by atoms with van der Waals surface area (Å²) >= 11 is 0. The summed E-state index contributed by atoms with van der Waals surface area (Å²) in [7, 11) is 0. The van der Waals surface area contributed by atoms with Gasteiger partial charge in [-0.1, -0.05) is 19.3 Å². The molecule has 2 aliphatic rings. The molecule has 4 heteroatoms. The predicted octanol–water partition coefficient (Wildman–Crippen LogP) is 2.54. The topological polar surface area (TPSA) is 46.9 Å². The standard InChI is InChI=1S/C17H34N2O2/c1-14(20)18-12-5-3-8-16(18)10-7-11-17-9-4-6-13-19(17)15(2)21/h14-17,20-21H,3-13H2,1-2H3. The Morgan fingerprint density at radius 2 is 1.24 bits per heavy atom. The van der Waals surface area contributed by atoms with E-state index in [0.717, 1.165) is 13.1 Å². The van der Waals surface area contributed by atoms with E-state index in [-0.39, 0.29) is 12.5 Å². The summed E-state index contributed by atoms with van der Waals surface area (Å²) in [4.78, 5) is 4.55. The maximum absolute atomic E-state index is 9.90. The van der Waals surface area contributed by atoms with E-state index in [1.54, 1.807) is 0 Å². The van der Waals surface area contributed by atoms with Crippen molar-refractivity contribution in [1.82, 2.24) is 9.80 Å². The summed E-state index contributed by atoms with van der Waals surface area (Å²) in [5.41, 5.74) is 0. The lowest BCUT2D eigenvalue weighted by Gasteiger charge is -2.40. The third-order valence-corrected chi connectivity index (χ3v) is 5.38. The highest BCUT2D eigenvalue weighted by Gasteiger charge is 2.27. The molecule has 0 bridgehead atoms. The molecule has 4 nitrogen and oxygen atoms in total. The number of nitrogens with zero attached hydrogens (tertiary/aromatic N) is 2. The molecule has 0 aliphatic carbocycles. The zero-order valence-corrected chi connectivity index (χ0v) is 13.9. The van der Waals surface area contributed by atoms with Gasteiger partial charge in [0.15, 0.2) is 0 Å². The van der Waals surface area contributed by atoms with E-state index in [0.29, 0.717) is 12.1 Å². The Kier molecular flexibility index (Phi) is 6.93. The molecule has 21 heavy (non-hydrogen) atoms. The molecule has 0 aromatic heterocycles. The van der Waals surface area contributed by atoms with Crippen molar-refractivity contribution in [2.45, 2.75) is 96.2 Å². The van der Waals surface area contributed by atoms with E-state index in [1.807, 2.05) is 13.8 Å². The van der Waals surface area contributed by atoms with Crippen LogP contribution in [0.3, 0.4) is 0 Å². The first-order valence-electron chi connectivity index (χ1n) is 8.97. The minimum atomic E-state index is -0.307. The molecule has 2 rings (SSSR count). The first-order chi connectivity index (χ1) is 10.1. The monoisotopic (exact) mass is 298 g/mol. The number of aliphatic hydroxyl groups excluding tert-OH is 2. The van der Waals surface area contributed by atoms with Gasteiger partial charge in [-0.15, -0.1) is 0 Å². The lowest BCUT2D eigenvalue weighted by Crippen LogP contribution is -2.46. The van der Waals surface area contributed by atoms with Crippen molar-refractivity contribution in [2.75, 3.05) is 13.1 Å². The molecule has 2 N–H and O–H groups in total. The van der Waals surface area contributed by atoms with Crippen LogP contribution in [-0.4, -0.2) is 57.6 Å². The van der Waals surface area contributed by atoms with E-state index in [2.05, 4.69) is 9.80 Å². The molecular formula is C17H34N2O2. The van der Waals surface area contributed by atoms with Crippen molar-refractivity contribution in [3.05, 3.63) is 0 Å². The summed E-state index contributed by atoms with van der Waals surface area (Å²) in [6.45, 7) is 5.89. The number of likely N-dealkylation sites (tertiary alicyclic amines) is 2. The zero-order valence-electron chi connectivity index (χ0n) is 13.9. The molecule has 4 atom stereocenters. The molecule has 0 radical (unpaired) electrons. The molecule has 0 saturated carbocycles. The van der Waals surface area contributed by atoms with Gasteiger partial charge in [-0.25, -0.2) is 0 Å². The largest absolute Gasteiger partial charge is 0.379 e. The van der Waals surface area contributed by atoms with Gasteiger partial charge in [0.25, 0.3) is 0 Å². The van der Waals surface area contributed by atoms with Crippen LogP contribution in [0.2, 0.25) is 0 Å². The summed E-state index contributed by atoms with van der Waals surface area (Å²) in [5, 5.41) is 19.8. The fourth-order valence-electron chi connectivity index (χ4n) is 4.24. The molecular weight excluding hydrogens is 264 g/mol. The van der Waals surface area contributed by atoms with E-state index >= 15 is 0 Å². The van der Waals surface area contributed by atoms with Gasteiger partial charge in [0, 0.05) is 25.2 Å². The highest BCUT2D eigenvalue weighted by atomic mass is 16.3. The maximum Gasteiger partial charge on any atom is 0.104 e. The van der Waals surface area contributed by atoms with Crippen LogP contribution in [0.4, 0.5) is 0 Å². The molecule has 2 aliphatic heterocycles. The first-order valence-corrected chi connectivity index (χ1v) is 8.97. The van der Waals surface area contributed by atoms with Crippen molar-refractivity contribution in [1.29, 1.82) is 0 Å². The Morgan fingerprint density at radius 3 is 1.62 bits per heavy atom. The van der Waals surface area contributed by atoms with Gasteiger partial charge < -0.3 is 10.2 Å². The molecule has 4 unspecified atom stereocenters. The van der Waals surface area contributed by atoms with Gasteiger partial charge in [0.2, 0.25) is 0 Å². The van der Waals surface area contributed by atoms with Crippen molar-refractivity contribution in [3.8, 4) is 0 Å². The zero-order chi connectivity index (χ0) is 15.2. The fraction of sp³-hybridized carbons (Fsp3) is 1.00. The highest BCUT2D eigenvalue weighted by Crippen LogP contribution is 2.26. The molecule has 0 aromatic carbocycles. The SMILES string of the molecule is CC(O)N1CCCCC1CCCC1CCCCN1C(C)O. The molecule has 2 fully saturated rings. The van der Waals surface area contributed by atoms with Gasteiger partial charge in [-0.3, -0.25) is 9.80 Å². The second kappa shape index (κ2) is 8.47. The Balaban J connectivity index is 1.76.